The smallest absolute Gasteiger partial charge is 0.152 e. The van der Waals surface area contributed by atoms with Crippen molar-refractivity contribution in [2.45, 2.75) is 11.3 Å². The van der Waals surface area contributed by atoms with Gasteiger partial charge in [-0.05, 0) is 42.2 Å². The summed E-state index contributed by atoms with van der Waals surface area (Å²) in [5, 5.41) is 0.980. The fourth-order valence-electron chi connectivity index (χ4n) is 4.59. The second-order valence-electron chi connectivity index (χ2n) is 8.74. The number of ether oxygens (including phenoxy) is 1. The first-order valence-electron chi connectivity index (χ1n) is 11.5. The average Bonchev–Trinajstić information content (AvgIpc) is 3.37. The lowest BCUT2D eigenvalue weighted by molar-refractivity contribution is 0.137. The van der Waals surface area contributed by atoms with Gasteiger partial charge in [0, 0.05) is 62.3 Å². The highest BCUT2D eigenvalue weighted by atomic mass is 32.2. The van der Waals surface area contributed by atoms with Gasteiger partial charge < -0.3 is 14.4 Å². The van der Waals surface area contributed by atoms with Gasteiger partial charge in [-0.25, -0.2) is 4.21 Å². The second kappa shape index (κ2) is 10.0. The molecule has 2 aromatic carbocycles. The number of hydrogen-bond donors (Lipinski definition) is 1. The van der Waals surface area contributed by atoms with E-state index in [1.165, 1.54) is 6.42 Å². The normalized spacial score (nSPS) is 20.1. The Kier molecular flexibility index (Phi) is 6.71. The van der Waals surface area contributed by atoms with Crippen LogP contribution in [0.4, 0.5) is 5.69 Å². The number of nitrogens with zero attached hydrogens (tertiary/aromatic N) is 3. The Morgan fingerprint density at radius 2 is 1.88 bits per heavy atom. The van der Waals surface area contributed by atoms with E-state index in [-0.39, 0.29) is 0 Å². The van der Waals surface area contributed by atoms with Gasteiger partial charge in [0.1, 0.15) is 0 Å². The van der Waals surface area contributed by atoms with Crippen molar-refractivity contribution in [3.8, 4) is 0 Å². The van der Waals surface area contributed by atoms with Crippen LogP contribution in [-0.4, -0.2) is 64.9 Å². The van der Waals surface area contributed by atoms with Crippen LogP contribution < -0.4 is 4.72 Å². The fourth-order valence-corrected chi connectivity index (χ4v) is 5.60. The molecule has 33 heavy (non-hydrogen) atoms. The zero-order valence-electron chi connectivity index (χ0n) is 18.8. The first kappa shape index (κ1) is 22.1. The zero-order chi connectivity index (χ0) is 22.6. The summed E-state index contributed by atoms with van der Waals surface area (Å²) in [6, 6.07) is 17.6. The SMILES string of the molecule is C=C(c1ccc(NS(=O)c2cccc3cccnc23)cc1)N1CCN(CC2CCOC2)CC1. The number of benzene rings is 2. The summed E-state index contributed by atoms with van der Waals surface area (Å²) in [4.78, 5) is 10.0. The number of nitrogens with one attached hydrogen (secondary N) is 1. The van der Waals surface area contributed by atoms with Crippen molar-refractivity contribution in [2.24, 2.45) is 5.92 Å². The van der Waals surface area contributed by atoms with Crippen LogP contribution in [0.2, 0.25) is 0 Å². The Balaban J connectivity index is 1.18. The topological polar surface area (TPSA) is 57.7 Å². The largest absolute Gasteiger partial charge is 0.381 e. The van der Waals surface area contributed by atoms with Crippen LogP contribution in [0.5, 0.6) is 0 Å². The molecule has 2 unspecified atom stereocenters. The van der Waals surface area contributed by atoms with Crippen molar-refractivity contribution in [3.05, 3.63) is 72.9 Å². The van der Waals surface area contributed by atoms with Crippen LogP contribution >= 0.6 is 0 Å². The molecular weight excluding hydrogens is 432 g/mol. The average molecular weight is 463 g/mol. The lowest BCUT2D eigenvalue weighted by Crippen LogP contribution is -2.46. The summed E-state index contributed by atoms with van der Waals surface area (Å²) >= 11 is 0. The van der Waals surface area contributed by atoms with Crippen molar-refractivity contribution < 1.29 is 8.95 Å². The third kappa shape index (κ3) is 5.11. The van der Waals surface area contributed by atoms with Gasteiger partial charge in [0.15, 0.2) is 11.0 Å². The molecular formula is C26H30N4O2S. The molecule has 2 saturated heterocycles. The molecule has 172 valence electrons. The summed E-state index contributed by atoms with van der Waals surface area (Å²) in [7, 11) is -1.40. The molecule has 1 aromatic heterocycles. The van der Waals surface area contributed by atoms with Gasteiger partial charge in [-0.15, -0.1) is 0 Å². The van der Waals surface area contributed by atoms with E-state index in [4.69, 9.17) is 4.74 Å². The Bertz CT molecular complexity index is 1130. The molecule has 3 heterocycles. The van der Waals surface area contributed by atoms with E-state index in [2.05, 4.69) is 26.1 Å². The number of aromatic nitrogens is 1. The molecule has 0 bridgehead atoms. The number of rotatable bonds is 7. The molecule has 2 atom stereocenters. The van der Waals surface area contributed by atoms with E-state index >= 15 is 0 Å². The number of hydrogen-bond acceptors (Lipinski definition) is 5. The van der Waals surface area contributed by atoms with Gasteiger partial charge in [-0.1, -0.05) is 36.9 Å². The molecule has 7 heteroatoms. The molecule has 5 rings (SSSR count). The Hall–Kier alpha value is -2.74. The summed E-state index contributed by atoms with van der Waals surface area (Å²) in [5.74, 6) is 0.690. The lowest BCUT2D eigenvalue weighted by atomic mass is 10.1. The highest BCUT2D eigenvalue weighted by Gasteiger charge is 2.23. The number of fused-ring (bicyclic) bond motifs is 1. The van der Waals surface area contributed by atoms with Gasteiger partial charge in [-0.3, -0.25) is 9.88 Å². The minimum absolute atomic E-state index is 0.684. The summed E-state index contributed by atoms with van der Waals surface area (Å²) in [5.41, 5.74) is 3.71. The Morgan fingerprint density at radius 3 is 2.64 bits per heavy atom. The molecule has 6 nitrogen and oxygen atoms in total. The van der Waals surface area contributed by atoms with E-state index in [1.807, 2.05) is 54.6 Å². The highest BCUT2D eigenvalue weighted by Crippen LogP contribution is 2.24. The third-order valence-electron chi connectivity index (χ3n) is 6.52. The van der Waals surface area contributed by atoms with Crippen LogP contribution in [-0.2, 0) is 15.7 Å². The van der Waals surface area contributed by atoms with Crippen molar-refractivity contribution >= 4 is 33.3 Å². The molecule has 0 amide bonds. The lowest BCUT2D eigenvalue weighted by Gasteiger charge is -2.38. The maximum Gasteiger partial charge on any atom is 0.152 e. The van der Waals surface area contributed by atoms with E-state index in [0.29, 0.717) is 10.8 Å². The first-order chi connectivity index (χ1) is 16.2. The summed E-state index contributed by atoms with van der Waals surface area (Å²) < 4.78 is 21.6. The molecule has 2 aliphatic rings. The van der Waals surface area contributed by atoms with E-state index in [0.717, 1.165) is 73.8 Å². The van der Waals surface area contributed by atoms with Crippen molar-refractivity contribution in [2.75, 3.05) is 50.7 Å². The number of para-hydroxylation sites is 1. The number of pyridine rings is 1. The molecule has 0 aliphatic carbocycles. The van der Waals surface area contributed by atoms with Gasteiger partial charge in [-0.2, -0.15) is 0 Å². The van der Waals surface area contributed by atoms with Crippen LogP contribution in [0, 0.1) is 5.92 Å². The monoisotopic (exact) mass is 462 g/mol. The van der Waals surface area contributed by atoms with E-state index in [9.17, 15) is 4.21 Å². The molecule has 0 spiro atoms. The highest BCUT2D eigenvalue weighted by molar-refractivity contribution is 7.86. The Morgan fingerprint density at radius 1 is 1.09 bits per heavy atom. The Labute approximate surface area is 197 Å². The molecule has 2 fully saturated rings. The minimum Gasteiger partial charge on any atom is -0.381 e. The zero-order valence-corrected chi connectivity index (χ0v) is 19.6. The molecule has 1 N–H and O–H groups in total. The van der Waals surface area contributed by atoms with Crippen molar-refractivity contribution in [3.63, 3.8) is 0 Å². The van der Waals surface area contributed by atoms with Gasteiger partial charge in [0.25, 0.3) is 0 Å². The molecule has 0 saturated carbocycles. The summed E-state index contributed by atoms with van der Waals surface area (Å²) in [6.07, 6.45) is 2.92. The minimum atomic E-state index is -1.40. The van der Waals surface area contributed by atoms with Crippen LogP contribution in [0.1, 0.15) is 12.0 Å². The maximum atomic E-state index is 13.0. The third-order valence-corrected chi connectivity index (χ3v) is 7.67. The molecule has 3 aromatic rings. The fraction of sp³-hybridized carbons (Fsp3) is 0.346. The summed E-state index contributed by atoms with van der Waals surface area (Å²) in [6.45, 7) is 11.4. The van der Waals surface area contributed by atoms with Crippen molar-refractivity contribution in [1.82, 2.24) is 14.8 Å². The van der Waals surface area contributed by atoms with E-state index in [1.54, 1.807) is 6.20 Å². The standard InChI is InChI=1S/C26H30N4O2S/c1-20(30-15-13-29(14-16-30)18-21-11-17-32-19-21)22-7-9-24(10-8-22)28-33(31)25-6-2-4-23-5-3-12-27-26(23)25/h2-10,12,21,28H,1,11,13-19H2. The van der Waals surface area contributed by atoms with Crippen LogP contribution in [0.15, 0.2) is 72.3 Å². The van der Waals surface area contributed by atoms with Crippen LogP contribution in [0.25, 0.3) is 16.6 Å². The number of anilines is 1. The van der Waals surface area contributed by atoms with E-state index < -0.39 is 11.0 Å². The van der Waals surface area contributed by atoms with Crippen molar-refractivity contribution in [1.29, 1.82) is 0 Å². The predicted molar refractivity (Wildman–Crippen MR) is 134 cm³/mol. The van der Waals surface area contributed by atoms with Gasteiger partial charge >= 0.3 is 0 Å². The second-order valence-corrected chi connectivity index (χ2v) is 9.92. The molecule has 0 radical (unpaired) electrons. The predicted octanol–water partition coefficient (Wildman–Crippen LogP) is 3.99. The first-order valence-corrected chi connectivity index (χ1v) is 12.7. The quantitative estimate of drug-likeness (QED) is 0.575. The number of piperazine rings is 1. The molecule has 2 aliphatic heterocycles. The van der Waals surface area contributed by atoms with Crippen LogP contribution in [0.3, 0.4) is 0 Å². The van der Waals surface area contributed by atoms with Gasteiger partial charge in [0.05, 0.1) is 17.0 Å². The maximum absolute atomic E-state index is 13.0. The van der Waals surface area contributed by atoms with Gasteiger partial charge in [0.2, 0.25) is 0 Å².